The van der Waals surface area contributed by atoms with Gasteiger partial charge in [0.15, 0.2) is 0 Å². The highest BCUT2D eigenvalue weighted by Gasteiger charge is 1.87. The van der Waals surface area contributed by atoms with Gasteiger partial charge in [-0.15, -0.1) is 0 Å². The fraction of sp³-hybridized carbons (Fsp3) is 0.167. The van der Waals surface area contributed by atoms with E-state index < -0.39 is 0 Å². The maximum Gasteiger partial charge on any atom is 0.0471 e. The predicted octanol–water partition coefficient (Wildman–Crippen LogP) is 2.64. The first-order chi connectivity index (χ1) is 6.33. The summed E-state index contributed by atoms with van der Waals surface area (Å²) in [4.78, 5) is 0. The Bertz CT molecular complexity index is 285. The molecule has 0 fully saturated rings. The van der Waals surface area contributed by atoms with Crippen molar-refractivity contribution in [2.75, 3.05) is 6.61 Å². The lowest BCUT2D eigenvalue weighted by atomic mass is 10.1. The first-order valence-corrected chi connectivity index (χ1v) is 4.34. The Morgan fingerprint density at radius 1 is 1.31 bits per heavy atom. The second-order valence-electron chi connectivity index (χ2n) is 2.88. The summed E-state index contributed by atoms with van der Waals surface area (Å²) in [5, 5.41) is 8.64. The number of hydrogen-bond acceptors (Lipinski definition) is 1. The Morgan fingerprint density at radius 3 is 2.62 bits per heavy atom. The molecule has 0 amide bonds. The maximum atomic E-state index is 8.64. The topological polar surface area (TPSA) is 20.2 Å². The van der Waals surface area contributed by atoms with E-state index in [-0.39, 0.29) is 6.61 Å². The fourth-order valence-electron chi connectivity index (χ4n) is 1.01. The average molecular weight is 174 g/mol. The van der Waals surface area contributed by atoms with Crippen LogP contribution in [0.5, 0.6) is 0 Å². The van der Waals surface area contributed by atoms with Crippen molar-refractivity contribution >= 4 is 6.08 Å². The molecule has 0 saturated heterocycles. The number of aliphatic hydroxyl groups is 1. The van der Waals surface area contributed by atoms with E-state index >= 15 is 0 Å². The van der Waals surface area contributed by atoms with Gasteiger partial charge >= 0.3 is 0 Å². The Kier molecular flexibility index (Phi) is 4.00. The van der Waals surface area contributed by atoms with Crippen LogP contribution in [-0.2, 0) is 0 Å². The molecule has 0 aliphatic carbocycles. The van der Waals surface area contributed by atoms with E-state index in [0.717, 1.165) is 11.1 Å². The quantitative estimate of drug-likeness (QED) is 0.696. The lowest BCUT2D eigenvalue weighted by Crippen LogP contribution is -1.82. The molecule has 0 atom stereocenters. The second-order valence-corrected chi connectivity index (χ2v) is 2.88. The van der Waals surface area contributed by atoms with Gasteiger partial charge in [0.05, 0.1) is 0 Å². The smallest absolute Gasteiger partial charge is 0.0471 e. The molecule has 1 nitrogen and oxygen atoms in total. The normalized spacial score (nSPS) is 10.5. The van der Waals surface area contributed by atoms with Crippen LogP contribution in [-0.4, -0.2) is 11.7 Å². The number of hydrogen-bond donors (Lipinski definition) is 1. The molecule has 0 heterocycles. The Labute approximate surface area is 79.0 Å². The van der Waals surface area contributed by atoms with Gasteiger partial charge in [0.25, 0.3) is 0 Å². The van der Waals surface area contributed by atoms with Crippen LogP contribution in [0.15, 0.2) is 48.6 Å². The van der Waals surface area contributed by atoms with Crippen molar-refractivity contribution in [1.82, 2.24) is 0 Å². The van der Waals surface area contributed by atoms with E-state index in [1.807, 2.05) is 42.5 Å². The number of benzene rings is 1. The average Bonchev–Trinajstić information content (AvgIpc) is 2.17. The zero-order valence-corrected chi connectivity index (χ0v) is 7.61. The summed E-state index contributed by atoms with van der Waals surface area (Å²) in [7, 11) is 0. The standard InChI is InChI=1S/C12H14O/c1-11(9-10-13)7-8-12-5-3-2-4-6-12/h2-8,13H,1,9-10H2/b8-7+. The molecule has 0 unspecified atom stereocenters. The SMILES string of the molecule is C=C(/C=C/c1ccccc1)CCO. The molecule has 1 heteroatoms. The van der Waals surface area contributed by atoms with Crippen LogP contribution < -0.4 is 0 Å². The lowest BCUT2D eigenvalue weighted by Gasteiger charge is -1.95. The summed E-state index contributed by atoms with van der Waals surface area (Å²) < 4.78 is 0. The molecule has 0 aliphatic heterocycles. The molecule has 0 aliphatic rings. The van der Waals surface area contributed by atoms with Crippen LogP contribution in [0.2, 0.25) is 0 Å². The minimum Gasteiger partial charge on any atom is -0.396 e. The molecule has 1 rings (SSSR count). The summed E-state index contributed by atoms with van der Waals surface area (Å²) in [6.45, 7) is 3.98. The highest BCUT2D eigenvalue weighted by atomic mass is 16.2. The minimum atomic E-state index is 0.165. The largest absolute Gasteiger partial charge is 0.396 e. The van der Waals surface area contributed by atoms with Gasteiger partial charge in [0, 0.05) is 6.61 Å². The second kappa shape index (κ2) is 5.33. The highest BCUT2D eigenvalue weighted by molar-refractivity contribution is 5.52. The van der Waals surface area contributed by atoms with E-state index in [2.05, 4.69) is 6.58 Å². The molecular formula is C12H14O. The Balaban J connectivity index is 2.54. The third-order valence-electron chi connectivity index (χ3n) is 1.74. The van der Waals surface area contributed by atoms with Crippen molar-refractivity contribution in [3.05, 3.63) is 54.1 Å². The highest BCUT2D eigenvalue weighted by Crippen LogP contribution is 2.05. The number of allylic oxidation sites excluding steroid dienone is 1. The third kappa shape index (κ3) is 3.72. The van der Waals surface area contributed by atoms with Crippen molar-refractivity contribution in [2.45, 2.75) is 6.42 Å². The van der Waals surface area contributed by atoms with Gasteiger partial charge in [-0.1, -0.05) is 54.6 Å². The van der Waals surface area contributed by atoms with Crippen LogP contribution >= 0.6 is 0 Å². The van der Waals surface area contributed by atoms with Crippen molar-refractivity contribution in [3.8, 4) is 0 Å². The van der Waals surface area contributed by atoms with Gasteiger partial charge in [-0.3, -0.25) is 0 Å². The maximum absolute atomic E-state index is 8.64. The molecule has 0 bridgehead atoms. The molecule has 0 saturated carbocycles. The van der Waals surface area contributed by atoms with Crippen LogP contribution in [0.3, 0.4) is 0 Å². The van der Waals surface area contributed by atoms with Crippen molar-refractivity contribution < 1.29 is 5.11 Å². The predicted molar refractivity (Wildman–Crippen MR) is 56.3 cm³/mol. The van der Waals surface area contributed by atoms with Gasteiger partial charge in [-0.2, -0.15) is 0 Å². The molecule has 13 heavy (non-hydrogen) atoms. The minimum absolute atomic E-state index is 0.165. The zero-order chi connectivity index (χ0) is 9.52. The molecular weight excluding hydrogens is 160 g/mol. The monoisotopic (exact) mass is 174 g/mol. The van der Waals surface area contributed by atoms with Crippen LogP contribution in [0, 0.1) is 0 Å². The van der Waals surface area contributed by atoms with Gasteiger partial charge in [0.1, 0.15) is 0 Å². The van der Waals surface area contributed by atoms with Gasteiger partial charge < -0.3 is 5.11 Å². The Morgan fingerprint density at radius 2 is 2.00 bits per heavy atom. The van der Waals surface area contributed by atoms with Crippen LogP contribution in [0.1, 0.15) is 12.0 Å². The van der Waals surface area contributed by atoms with Crippen molar-refractivity contribution in [3.63, 3.8) is 0 Å². The van der Waals surface area contributed by atoms with Gasteiger partial charge in [-0.05, 0) is 12.0 Å². The van der Waals surface area contributed by atoms with Crippen molar-refractivity contribution in [2.24, 2.45) is 0 Å². The molecule has 1 aromatic rings. The zero-order valence-electron chi connectivity index (χ0n) is 7.61. The summed E-state index contributed by atoms with van der Waals surface area (Å²) in [5.74, 6) is 0. The van der Waals surface area contributed by atoms with Gasteiger partial charge in [-0.25, -0.2) is 0 Å². The first kappa shape index (κ1) is 9.75. The van der Waals surface area contributed by atoms with E-state index in [1.165, 1.54) is 0 Å². The fourth-order valence-corrected chi connectivity index (χ4v) is 1.01. The number of aliphatic hydroxyl groups excluding tert-OH is 1. The third-order valence-corrected chi connectivity index (χ3v) is 1.74. The molecule has 1 aromatic carbocycles. The summed E-state index contributed by atoms with van der Waals surface area (Å²) in [6, 6.07) is 10.0. The van der Waals surface area contributed by atoms with Crippen LogP contribution in [0.25, 0.3) is 6.08 Å². The van der Waals surface area contributed by atoms with E-state index in [1.54, 1.807) is 0 Å². The first-order valence-electron chi connectivity index (χ1n) is 4.34. The molecule has 0 aromatic heterocycles. The molecule has 0 spiro atoms. The summed E-state index contributed by atoms with van der Waals surface area (Å²) in [5.41, 5.74) is 2.10. The molecule has 68 valence electrons. The van der Waals surface area contributed by atoms with Crippen molar-refractivity contribution in [1.29, 1.82) is 0 Å². The lowest BCUT2D eigenvalue weighted by molar-refractivity contribution is 0.300. The molecule has 0 radical (unpaired) electrons. The number of rotatable bonds is 4. The summed E-state index contributed by atoms with van der Waals surface area (Å²) in [6.07, 6.45) is 4.58. The van der Waals surface area contributed by atoms with Crippen LogP contribution in [0.4, 0.5) is 0 Å². The van der Waals surface area contributed by atoms with E-state index in [9.17, 15) is 0 Å². The van der Waals surface area contributed by atoms with E-state index in [4.69, 9.17) is 5.11 Å². The van der Waals surface area contributed by atoms with Gasteiger partial charge in [0.2, 0.25) is 0 Å². The summed E-state index contributed by atoms with van der Waals surface area (Å²) >= 11 is 0. The Hall–Kier alpha value is -1.34. The van der Waals surface area contributed by atoms with E-state index in [0.29, 0.717) is 6.42 Å². The molecule has 1 N–H and O–H groups in total.